The van der Waals surface area contributed by atoms with E-state index in [0.717, 1.165) is 57.8 Å². The van der Waals surface area contributed by atoms with E-state index >= 15 is 0 Å². The van der Waals surface area contributed by atoms with Crippen LogP contribution in [0.15, 0.2) is 12.2 Å². The zero-order chi connectivity index (χ0) is 41.5. The highest BCUT2D eigenvalue weighted by Gasteiger charge is 2.20. The van der Waals surface area contributed by atoms with Crippen molar-refractivity contribution in [3.05, 3.63) is 12.2 Å². The molecule has 2 unspecified atom stereocenters. The van der Waals surface area contributed by atoms with Crippen LogP contribution in [0.25, 0.3) is 0 Å². The lowest BCUT2D eigenvalue weighted by Crippen LogP contribution is -2.45. The summed E-state index contributed by atoms with van der Waals surface area (Å²) >= 11 is 0. The predicted molar refractivity (Wildman–Crippen MR) is 246 cm³/mol. The number of allylic oxidation sites excluding steroid dienone is 2. The molecule has 0 aromatic heterocycles. The Hall–Kier alpha value is -1.40. The summed E-state index contributed by atoms with van der Waals surface area (Å²) in [5, 5.41) is 23.2. The number of nitrogens with one attached hydrogen (secondary N) is 1. The number of aliphatic hydroxyl groups excluding tert-OH is 2. The van der Waals surface area contributed by atoms with Crippen molar-refractivity contribution in [3.8, 4) is 0 Å². The first kappa shape index (κ1) is 55.6. The minimum absolute atomic E-state index is 0.0320. The van der Waals surface area contributed by atoms with Crippen molar-refractivity contribution in [1.82, 2.24) is 5.32 Å². The van der Waals surface area contributed by atoms with Gasteiger partial charge in [-0.25, -0.2) is 0 Å². The van der Waals surface area contributed by atoms with Crippen LogP contribution in [0.1, 0.15) is 277 Å². The highest BCUT2D eigenvalue weighted by atomic mass is 16.5. The number of carbonyl (C=O) groups excluding carboxylic acids is 2. The molecule has 0 aliphatic heterocycles. The Morgan fingerprint density at radius 1 is 0.474 bits per heavy atom. The Morgan fingerprint density at radius 2 is 0.825 bits per heavy atom. The van der Waals surface area contributed by atoms with Gasteiger partial charge in [-0.15, -0.1) is 0 Å². The first-order valence-electron chi connectivity index (χ1n) is 25.4. The molecule has 0 aliphatic carbocycles. The standard InChI is InChI=1S/C51H99NO5/c1-3-5-7-9-11-13-15-17-19-21-23-25-29-33-37-41-45-51(56)57-46-42-38-34-30-26-28-32-36-40-44-50(55)52-48(47-53)49(54)43-39-35-31-27-24-22-20-18-16-14-12-10-8-6-4-2/h19,21,48-49,53-54H,3-18,20,22-47H2,1-2H3,(H,52,55)/b21-19-. The molecule has 0 rings (SSSR count). The van der Waals surface area contributed by atoms with Crippen LogP contribution in [0.5, 0.6) is 0 Å². The third-order valence-corrected chi connectivity index (χ3v) is 11.8. The maximum atomic E-state index is 12.4. The van der Waals surface area contributed by atoms with E-state index < -0.39 is 12.1 Å². The molecule has 0 aromatic rings. The van der Waals surface area contributed by atoms with Crippen molar-refractivity contribution >= 4 is 11.9 Å². The van der Waals surface area contributed by atoms with Gasteiger partial charge in [-0.3, -0.25) is 9.59 Å². The normalized spacial score (nSPS) is 12.7. The molecule has 0 aromatic carbocycles. The van der Waals surface area contributed by atoms with E-state index in [9.17, 15) is 19.8 Å². The van der Waals surface area contributed by atoms with Crippen molar-refractivity contribution in [2.45, 2.75) is 289 Å². The van der Waals surface area contributed by atoms with E-state index in [0.29, 0.717) is 25.9 Å². The Kier molecular flexibility index (Phi) is 46.1. The van der Waals surface area contributed by atoms with E-state index in [4.69, 9.17) is 4.74 Å². The number of unbranched alkanes of at least 4 members (excludes halogenated alkanes) is 34. The van der Waals surface area contributed by atoms with Crippen LogP contribution in [-0.2, 0) is 14.3 Å². The van der Waals surface area contributed by atoms with Gasteiger partial charge in [0.15, 0.2) is 0 Å². The average molecular weight is 806 g/mol. The molecule has 0 spiro atoms. The minimum Gasteiger partial charge on any atom is -0.466 e. The zero-order valence-corrected chi connectivity index (χ0v) is 38.3. The van der Waals surface area contributed by atoms with Gasteiger partial charge in [0.1, 0.15) is 0 Å². The number of esters is 1. The first-order chi connectivity index (χ1) is 28.0. The van der Waals surface area contributed by atoms with Crippen molar-refractivity contribution < 1.29 is 24.5 Å². The van der Waals surface area contributed by atoms with Gasteiger partial charge in [-0.2, -0.15) is 0 Å². The number of aliphatic hydroxyl groups is 2. The number of rotatable bonds is 47. The fourth-order valence-corrected chi connectivity index (χ4v) is 7.87. The van der Waals surface area contributed by atoms with Crippen molar-refractivity contribution in [2.24, 2.45) is 0 Å². The summed E-state index contributed by atoms with van der Waals surface area (Å²) in [4.78, 5) is 24.5. The molecule has 0 saturated heterocycles. The molecular weight excluding hydrogens is 707 g/mol. The van der Waals surface area contributed by atoms with Crippen LogP contribution in [0.3, 0.4) is 0 Å². The molecule has 6 nitrogen and oxygen atoms in total. The summed E-state index contributed by atoms with van der Waals surface area (Å²) < 4.78 is 5.45. The highest BCUT2D eigenvalue weighted by Crippen LogP contribution is 2.16. The van der Waals surface area contributed by atoms with E-state index in [1.807, 2.05) is 0 Å². The maximum absolute atomic E-state index is 12.4. The minimum atomic E-state index is -0.681. The fourth-order valence-electron chi connectivity index (χ4n) is 7.87. The smallest absolute Gasteiger partial charge is 0.305 e. The van der Waals surface area contributed by atoms with Crippen LogP contribution in [-0.4, -0.2) is 47.4 Å². The molecule has 0 fully saturated rings. The summed E-state index contributed by atoms with van der Waals surface area (Å²) in [5.41, 5.74) is 0. The monoisotopic (exact) mass is 806 g/mol. The van der Waals surface area contributed by atoms with Crippen LogP contribution in [0.4, 0.5) is 0 Å². The van der Waals surface area contributed by atoms with Gasteiger partial charge >= 0.3 is 5.97 Å². The highest BCUT2D eigenvalue weighted by molar-refractivity contribution is 5.76. The van der Waals surface area contributed by atoms with Crippen molar-refractivity contribution in [1.29, 1.82) is 0 Å². The van der Waals surface area contributed by atoms with Gasteiger partial charge in [0.25, 0.3) is 0 Å². The second kappa shape index (κ2) is 47.3. The lowest BCUT2D eigenvalue weighted by Gasteiger charge is -2.22. The molecule has 1 amide bonds. The molecule has 2 atom stereocenters. The van der Waals surface area contributed by atoms with Crippen LogP contribution in [0, 0.1) is 0 Å². The molecule has 0 aliphatic rings. The number of hydrogen-bond donors (Lipinski definition) is 3. The Balaban J connectivity index is 3.49. The van der Waals surface area contributed by atoms with Crippen molar-refractivity contribution in [2.75, 3.05) is 13.2 Å². The van der Waals surface area contributed by atoms with Gasteiger partial charge in [0.2, 0.25) is 5.91 Å². The summed E-state index contributed by atoms with van der Waals surface area (Å²) in [6.45, 7) is 4.89. The number of carbonyl (C=O) groups is 2. The third kappa shape index (κ3) is 44.0. The fraction of sp³-hybridized carbons (Fsp3) is 0.922. The average Bonchev–Trinajstić information content (AvgIpc) is 3.21. The molecule has 6 heteroatoms. The summed E-state index contributed by atoms with van der Waals surface area (Å²) in [6.07, 6.45) is 53.1. The van der Waals surface area contributed by atoms with Crippen LogP contribution in [0.2, 0.25) is 0 Å². The van der Waals surface area contributed by atoms with Gasteiger partial charge in [-0.1, -0.05) is 225 Å². The molecule has 0 saturated carbocycles. The quantitative estimate of drug-likeness (QED) is 0.0323. The molecule has 338 valence electrons. The zero-order valence-electron chi connectivity index (χ0n) is 38.3. The van der Waals surface area contributed by atoms with Crippen LogP contribution < -0.4 is 5.32 Å². The molecular formula is C51H99NO5. The van der Waals surface area contributed by atoms with E-state index in [1.165, 1.54) is 186 Å². The van der Waals surface area contributed by atoms with Crippen molar-refractivity contribution in [3.63, 3.8) is 0 Å². The summed E-state index contributed by atoms with van der Waals surface area (Å²) in [6, 6.07) is -0.561. The lowest BCUT2D eigenvalue weighted by molar-refractivity contribution is -0.143. The van der Waals surface area contributed by atoms with Crippen LogP contribution >= 0.6 is 0 Å². The van der Waals surface area contributed by atoms with Gasteiger partial charge in [-0.05, 0) is 51.4 Å². The summed E-state index contributed by atoms with van der Waals surface area (Å²) in [5.74, 6) is -0.0939. The van der Waals surface area contributed by atoms with E-state index in [2.05, 4.69) is 31.3 Å². The lowest BCUT2D eigenvalue weighted by atomic mass is 10.0. The second-order valence-corrected chi connectivity index (χ2v) is 17.5. The van der Waals surface area contributed by atoms with Gasteiger partial charge < -0.3 is 20.3 Å². The Labute approximate surface area is 355 Å². The Bertz CT molecular complexity index is 847. The topological polar surface area (TPSA) is 95.9 Å². The largest absolute Gasteiger partial charge is 0.466 e. The van der Waals surface area contributed by atoms with E-state index in [-0.39, 0.29) is 18.5 Å². The Morgan fingerprint density at radius 3 is 1.25 bits per heavy atom. The maximum Gasteiger partial charge on any atom is 0.305 e. The number of hydrogen-bond acceptors (Lipinski definition) is 5. The van der Waals surface area contributed by atoms with Gasteiger partial charge in [0, 0.05) is 12.8 Å². The molecule has 0 radical (unpaired) electrons. The summed E-state index contributed by atoms with van der Waals surface area (Å²) in [7, 11) is 0. The molecule has 0 bridgehead atoms. The molecule has 57 heavy (non-hydrogen) atoms. The van der Waals surface area contributed by atoms with E-state index in [1.54, 1.807) is 0 Å². The second-order valence-electron chi connectivity index (χ2n) is 17.5. The number of amides is 1. The van der Waals surface area contributed by atoms with Gasteiger partial charge in [0.05, 0.1) is 25.4 Å². The number of ether oxygens (including phenoxy) is 1. The molecule has 3 N–H and O–H groups in total. The molecule has 0 heterocycles. The first-order valence-corrected chi connectivity index (χ1v) is 25.4. The predicted octanol–water partition coefficient (Wildman–Crippen LogP) is 15.0. The SMILES string of the molecule is CCCCCCCCC/C=C\CCCCCCCC(=O)OCCCCCCCCCCCC(=O)NC(CO)C(O)CCCCCCCCCCCCCCCCC. The third-order valence-electron chi connectivity index (χ3n) is 11.8.